The van der Waals surface area contributed by atoms with E-state index in [1.807, 2.05) is 24.5 Å². The third-order valence-electron chi connectivity index (χ3n) is 6.17. The Morgan fingerprint density at radius 2 is 1.70 bits per heavy atom. The second kappa shape index (κ2) is 8.94. The second-order valence-electron chi connectivity index (χ2n) is 8.05. The van der Waals surface area contributed by atoms with Crippen LogP contribution in [0.5, 0.6) is 0 Å². The van der Waals surface area contributed by atoms with E-state index in [0.29, 0.717) is 18.6 Å². The van der Waals surface area contributed by atoms with Crippen LogP contribution in [0.3, 0.4) is 0 Å². The highest BCUT2D eigenvalue weighted by Crippen LogP contribution is 2.33. The summed E-state index contributed by atoms with van der Waals surface area (Å²) < 4.78 is 19.3. The molecule has 2 aliphatic rings. The zero-order valence-electron chi connectivity index (χ0n) is 15.9. The highest BCUT2D eigenvalue weighted by atomic mass is 19.1. The lowest BCUT2D eigenvalue weighted by molar-refractivity contribution is 0.113. The number of ether oxygens (including phenoxy) is 1. The first-order valence-electron chi connectivity index (χ1n) is 10.3. The number of aromatic nitrogens is 1. The fourth-order valence-corrected chi connectivity index (χ4v) is 4.67. The molecule has 2 heterocycles. The Morgan fingerprint density at radius 1 is 0.963 bits per heavy atom. The van der Waals surface area contributed by atoms with Gasteiger partial charge < -0.3 is 4.74 Å². The maximum absolute atomic E-state index is 13.4. The van der Waals surface area contributed by atoms with Crippen LogP contribution in [-0.2, 0) is 11.3 Å². The van der Waals surface area contributed by atoms with Gasteiger partial charge in [-0.3, -0.25) is 9.88 Å². The van der Waals surface area contributed by atoms with E-state index in [2.05, 4.69) is 22.0 Å². The molecule has 0 N–H and O–H groups in total. The Bertz CT molecular complexity index is 700. The van der Waals surface area contributed by atoms with Crippen molar-refractivity contribution < 1.29 is 9.13 Å². The van der Waals surface area contributed by atoms with Gasteiger partial charge in [0.25, 0.3) is 0 Å². The van der Waals surface area contributed by atoms with Crippen LogP contribution in [-0.4, -0.2) is 35.7 Å². The summed E-state index contributed by atoms with van der Waals surface area (Å²) in [6, 6.07) is 11.5. The van der Waals surface area contributed by atoms with Crippen LogP contribution in [0, 0.1) is 11.7 Å². The van der Waals surface area contributed by atoms with Crippen LogP contribution in [0.15, 0.2) is 48.8 Å². The smallest absolute Gasteiger partial charge is 0.123 e. The first-order chi connectivity index (χ1) is 13.3. The van der Waals surface area contributed by atoms with Gasteiger partial charge in [0.1, 0.15) is 5.82 Å². The van der Waals surface area contributed by atoms with Crippen molar-refractivity contribution in [2.24, 2.45) is 5.92 Å². The molecule has 0 unspecified atom stereocenters. The summed E-state index contributed by atoms with van der Waals surface area (Å²) in [5.41, 5.74) is 2.48. The summed E-state index contributed by atoms with van der Waals surface area (Å²) in [6.45, 7) is 3.51. The van der Waals surface area contributed by atoms with E-state index in [-0.39, 0.29) is 5.82 Å². The molecule has 4 heteroatoms. The fourth-order valence-electron chi connectivity index (χ4n) is 4.67. The first kappa shape index (κ1) is 18.6. The second-order valence-corrected chi connectivity index (χ2v) is 8.05. The molecule has 0 spiro atoms. The van der Waals surface area contributed by atoms with Gasteiger partial charge in [-0.05, 0) is 54.2 Å². The molecule has 2 atom stereocenters. The number of benzene rings is 1. The van der Waals surface area contributed by atoms with Crippen LogP contribution in [0.1, 0.15) is 49.1 Å². The summed E-state index contributed by atoms with van der Waals surface area (Å²) in [4.78, 5) is 6.78. The van der Waals surface area contributed by atoms with Gasteiger partial charge in [-0.1, -0.05) is 31.4 Å². The van der Waals surface area contributed by atoms with E-state index in [1.165, 1.54) is 43.2 Å². The summed E-state index contributed by atoms with van der Waals surface area (Å²) >= 11 is 0. The molecule has 1 aromatic carbocycles. The number of pyridine rings is 1. The molecule has 144 valence electrons. The van der Waals surface area contributed by atoms with Crippen LogP contribution < -0.4 is 0 Å². The maximum atomic E-state index is 13.4. The SMILES string of the molecule is Fc1ccc([C@@H]2COC[C@H]2N(Cc2ccncc2)CC2CCCCC2)cc1. The predicted octanol–water partition coefficient (Wildman–Crippen LogP) is 4.79. The Hall–Kier alpha value is -1.78. The van der Waals surface area contributed by atoms with E-state index in [9.17, 15) is 4.39 Å². The largest absolute Gasteiger partial charge is 0.379 e. The molecule has 27 heavy (non-hydrogen) atoms. The van der Waals surface area contributed by atoms with E-state index >= 15 is 0 Å². The van der Waals surface area contributed by atoms with Gasteiger partial charge in [-0.15, -0.1) is 0 Å². The Balaban J connectivity index is 1.54. The van der Waals surface area contributed by atoms with Crippen molar-refractivity contribution >= 4 is 0 Å². The average molecular weight is 368 g/mol. The van der Waals surface area contributed by atoms with Crippen molar-refractivity contribution in [2.75, 3.05) is 19.8 Å². The lowest BCUT2D eigenvalue weighted by atomic mass is 9.87. The molecule has 0 bridgehead atoms. The molecule has 3 nitrogen and oxygen atoms in total. The zero-order valence-corrected chi connectivity index (χ0v) is 15.9. The van der Waals surface area contributed by atoms with E-state index < -0.39 is 0 Å². The maximum Gasteiger partial charge on any atom is 0.123 e. The van der Waals surface area contributed by atoms with Gasteiger partial charge >= 0.3 is 0 Å². The Labute approximate surface area is 161 Å². The fraction of sp³-hybridized carbons (Fsp3) is 0.522. The molecule has 1 aliphatic carbocycles. The highest BCUT2D eigenvalue weighted by molar-refractivity contribution is 5.24. The monoisotopic (exact) mass is 368 g/mol. The molecule has 1 aromatic heterocycles. The van der Waals surface area contributed by atoms with Gasteiger partial charge in [0.15, 0.2) is 0 Å². The van der Waals surface area contributed by atoms with Gasteiger partial charge in [0.2, 0.25) is 0 Å². The molecule has 2 aromatic rings. The lowest BCUT2D eigenvalue weighted by Gasteiger charge is -2.36. The average Bonchev–Trinajstić information content (AvgIpc) is 3.19. The normalized spacial score (nSPS) is 23.8. The van der Waals surface area contributed by atoms with Crippen LogP contribution in [0.2, 0.25) is 0 Å². The molecular formula is C23H29FN2O. The Morgan fingerprint density at radius 3 is 2.44 bits per heavy atom. The predicted molar refractivity (Wildman–Crippen MR) is 105 cm³/mol. The van der Waals surface area contributed by atoms with E-state index in [0.717, 1.165) is 25.6 Å². The summed E-state index contributed by atoms with van der Waals surface area (Å²) in [7, 11) is 0. The van der Waals surface area contributed by atoms with Crippen molar-refractivity contribution in [3.05, 3.63) is 65.7 Å². The van der Waals surface area contributed by atoms with Crippen molar-refractivity contribution in [3.63, 3.8) is 0 Å². The molecule has 0 radical (unpaired) electrons. The molecule has 0 amide bonds. The van der Waals surface area contributed by atoms with Crippen molar-refractivity contribution in [3.8, 4) is 0 Å². The van der Waals surface area contributed by atoms with Crippen LogP contribution in [0.4, 0.5) is 4.39 Å². The van der Waals surface area contributed by atoms with Gasteiger partial charge in [-0.25, -0.2) is 4.39 Å². The number of hydrogen-bond acceptors (Lipinski definition) is 3. The highest BCUT2D eigenvalue weighted by Gasteiger charge is 2.35. The van der Waals surface area contributed by atoms with Gasteiger partial charge in [-0.2, -0.15) is 0 Å². The first-order valence-corrected chi connectivity index (χ1v) is 10.3. The van der Waals surface area contributed by atoms with Crippen molar-refractivity contribution in [2.45, 2.75) is 50.6 Å². The number of rotatable bonds is 6. The molecule has 1 aliphatic heterocycles. The third kappa shape index (κ3) is 4.74. The molecule has 1 saturated carbocycles. The molecule has 4 rings (SSSR count). The number of nitrogens with zero attached hydrogens (tertiary/aromatic N) is 2. The van der Waals surface area contributed by atoms with Gasteiger partial charge in [0, 0.05) is 37.4 Å². The van der Waals surface area contributed by atoms with Crippen molar-refractivity contribution in [1.29, 1.82) is 0 Å². The lowest BCUT2D eigenvalue weighted by Crippen LogP contribution is -2.42. The summed E-state index contributed by atoms with van der Waals surface area (Å²) in [6.07, 6.45) is 10.5. The number of hydrogen-bond donors (Lipinski definition) is 0. The van der Waals surface area contributed by atoms with E-state index in [1.54, 1.807) is 12.1 Å². The van der Waals surface area contributed by atoms with Gasteiger partial charge in [0.05, 0.1) is 13.2 Å². The topological polar surface area (TPSA) is 25.4 Å². The third-order valence-corrected chi connectivity index (χ3v) is 6.17. The van der Waals surface area contributed by atoms with Crippen molar-refractivity contribution in [1.82, 2.24) is 9.88 Å². The van der Waals surface area contributed by atoms with E-state index in [4.69, 9.17) is 4.74 Å². The van der Waals surface area contributed by atoms with Crippen LogP contribution in [0.25, 0.3) is 0 Å². The minimum atomic E-state index is -0.176. The number of halogens is 1. The summed E-state index contributed by atoms with van der Waals surface area (Å²) in [5, 5.41) is 0. The Kier molecular flexibility index (Phi) is 6.15. The quantitative estimate of drug-likeness (QED) is 0.733. The minimum absolute atomic E-state index is 0.176. The standard InChI is InChI=1S/C23H29FN2O/c24-21-8-6-20(7-9-21)22-16-27-17-23(22)26(14-18-4-2-1-3-5-18)15-19-10-12-25-13-11-19/h6-13,18,22-23H,1-5,14-17H2/t22-,23+/m0/s1. The summed E-state index contributed by atoms with van der Waals surface area (Å²) in [5.74, 6) is 0.899. The minimum Gasteiger partial charge on any atom is -0.379 e. The molecule has 2 fully saturated rings. The zero-order chi connectivity index (χ0) is 18.5. The molecular weight excluding hydrogens is 339 g/mol. The van der Waals surface area contributed by atoms with Crippen LogP contribution >= 0.6 is 0 Å². The molecule has 1 saturated heterocycles.